The van der Waals surface area contributed by atoms with Crippen LogP contribution in [-0.2, 0) is 9.53 Å². The Balaban J connectivity index is 3.15. The number of esters is 1. The average Bonchev–Trinajstić information content (AvgIpc) is 2.51. The lowest BCUT2D eigenvalue weighted by molar-refractivity contribution is -0.147. The first-order chi connectivity index (χ1) is 9.99. The first-order valence-corrected chi connectivity index (χ1v) is 6.40. The Hall–Kier alpha value is -1.99. The minimum absolute atomic E-state index is 0.189. The summed E-state index contributed by atoms with van der Waals surface area (Å²) >= 11 is 0. The third kappa shape index (κ3) is 3.77. The lowest BCUT2D eigenvalue weighted by Crippen LogP contribution is -2.38. The molecule has 21 heavy (non-hydrogen) atoms. The number of aliphatic hydroxyl groups is 1. The van der Waals surface area contributed by atoms with Crippen molar-refractivity contribution in [3.63, 3.8) is 0 Å². The molecule has 2 unspecified atom stereocenters. The van der Waals surface area contributed by atoms with Crippen LogP contribution in [0.25, 0.3) is 0 Å². The van der Waals surface area contributed by atoms with E-state index in [-0.39, 0.29) is 6.61 Å². The maximum Gasteiger partial charge on any atom is 0.325 e. The van der Waals surface area contributed by atoms with Gasteiger partial charge in [-0.25, -0.2) is 0 Å². The zero-order valence-electron chi connectivity index (χ0n) is 12.6. The molecule has 2 atom stereocenters. The molecule has 1 rings (SSSR count). The van der Waals surface area contributed by atoms with Gasteiger partial charge in [0, 0.05) is 0 Å². The second-order valence-corrected chi connectivity index (χ2v) is 4.18. The zero-order chi connectivity index (χ0) is 16.0. The largest absolute Gasteiger partial charge is 0.493 e. The van der Waals surface area contributed by atoms with Gasteiger partial charge in [-0.05, 0) is 24.6 Å². The van der Waals surface area contributed by atoms with Crippen LogP contribution in [0.1, 0.15) is 18.6 Å². The summed E-state index contributed by atoms with van der Waals surface area (Å²) in [5.41, 5.74) is 6.06. The number of hydrogen-bond acceptors (Lipinski definition) is 7. The standard InChI is InChI=1S/C14H21NO6/c1-5-21-14(17)11(15)12(16)8-6-9(18-2)13(20-4)10(7-8)19-3/h6-7,11-12,16H,5,15H2,1-4H3. The molecule has 7 heteroatoms. The summed E-state index contributed by atoms with van der Waals surface area (Å²) in [6.45, 7) is 1.85. The highest BCUT2D eigenvalue weighted by Gasteiger charge is 2.27. The van der Waals surface area contributed by atoms with Gasteiger partial charge in [0.25, 0.3) is 0 Å². The molecule has 3 N–H and O–H groups in total. The Kier molecular flexibility index (Phi) is 6.26. The molecule has 0 saturated heterocycles. The highest BCUT2D eigenvalue weighted by molar-refractivity contribution is 5.76. The Morgan fingerprint density at radius 2 is 1.71 bits per heavy atom. The van der Waals surface area contributed by atoms with E-state index in [0.717, 1.165) is 0 Å². The molecule has 0 heterocycles. The normalized spacial score (nSPS) is 13.2. The number of methoxy groups -OCH3 is 3. The number of carbonyl (C=O) groups excluding carboxylic acids is 1. The van der Waals surface area contributed by atoms with Crippen LogP contribution in [0.2, 0.25) is 0 Å². The molecular weight excluding hydrogens is 278 g/mol. The molecule has 0 fully saturated rings. The second-order valence-electron chi connectivity index (χ2n) is 4.18. The number of benzene rings is 1. The lowest BCUT2D eigenvalue weighted by atomic mass is 10.0. The van der Waals surface area contributed by atoms with Crippen LogP contribution in [-0.4, -0.2) is 45.1 Å². The molecule has 1 aromatic carbocycles. The number of nitrogens with two attached hydrogens (primary N) is 1. The molecule has 0 amide bonds. The number of rotatable bonds is 7. The molecule has 0 saturated carbocycles. The van der Waals surface area contributed by atoms with Crippen molar-refractivity contribution in [2.24, 2.45) is 5.73 Å². The molecule has 0 aliphatic heterocycles. The first kappa shape index (κ1) is 17.1. The molecule has 0 radical (unpaired) electrons. The van der Waals surface area contributed by atoms with Gasteiger partial charge in [-0.15, -0.1) is 0 Å². The van der Waals surface area contributed by atoms with Crippen molar-refractivity contribution >= 4 is 5.97 Å². The van der Waals surface area contributed by atoms with Gasteiger partial charge in [0.05, 0.1) is 27.9 Å². The third-order valence-electron chi connectivity index (χ3n) is 2.93. The SMILES string of the molecule is CCOC(=O)C(N)C(O)c1cc(OC)c(OC)c(OC)c1. The summed E-state index contributed by atoms with van der Waals surface area (Å²) in [5, 5.41) is 10.2. The van der Waals surface area contributed by atoms with Crippen molar-refractivity contribution in [3.8, 4) is 17.2 Å². The zero-order valence-corrected chi connectivity index (χ0v) is 12.6. The Labute approximate surface area is 123 Å². The van der Waals surface area contributed by atoms with Crippen molar-refractivity contribution in [1.82, 2.24) is 0 Å². The van der Waals surface area contributed by atoms with Crippen molar-refractivity contribution in [2.45, 2.75) is 19.1 Å². The molecular formula is C14H21NO6. The van der Waals surface area contributed by atoms with Gasteiger partial charge < -0.3 is 29.8 Å². The van der Waals surface area contributed by atoms with Crippen molar-refractivity contribution in [2.75, 3.05) is 27.9 Å². The smallest absolute Gasteiger partial charge is 0.325 e. The number of carbonyl (C=O) groups is 1. The van der Waals surface area contributed by atoms with Gasteiger partial charge in [-0.1, -0.05) is 0 Å². The predicted molar refractivity (Wildman–Crippen MR) is 75.7 cm³/mol. The predicted octanol–water partition coefficient (Wildman–Crippen LogP) is 0.636. The van der Waals surface area contributed by atoms with Crippen molar-refractivity contribution < 1.29 is 28.8 Å². The summed E-state index contributed by atoms with van der Waals surface area (Å²) < 4.78 is 20.3. The van der Waals surface area contributed by atoms with Crippen LogP contribution in [0.3, 0.4) is 0 Å². The second kappa shape index (κ2) is 7.70. The van der Waals surface area contributed by atoms with E-state index in [2.05, 4.69) is 0 Å². The van der Waals surface area contributed by atoms with Gasteiger partial charge in [0.2, 0.25) is 5.75 Å². The van der Waals surface area contributed by atoms with Gasteiger partial charge in [0.1, 0.15) is 12.1 Å². The van der Waals surface area contributed by atoms with E-state index in [1.807, 2.05) is 0 Å². The topological polar surface area (TPSA) is 100 Å². The van der Waals surface area contributed by atoms with Gasteiger partial charge in [0.15, 0.2) is 11.5 Å². The summed E-state index contributed by atoms with van der Waals surface area (Å²) in [5.74, 6) is 0.434. The van der Waals surface area contributed by atoms with Crippen LogP contribution in [0.15, 0.2) is 12.1 Å². The molecule has 0 bridgehead atoms. The third-order valence-corrected chi connectivity index (χ3v) is 2.93. The Morgan fingerprint density at radius 1 is 1.19 bits per heavy atom. The Morgan fingerprint density at radius 3 is 2.10 bits per heavy atom. The molecule has 0 aliphatic rings. The monoisotopic (exact) mass is 299 g/mol. The van der Waals surface area contributed by atoms with E-state index in [0.29, 0.717) is 22.8 Å². The quantitative estimate of drug-likeness (QED) is 0.712. The van der Waals surface area contributed by atoms with Crippen LogP contribution >= 0.6 is 0 Å². The lowest BCUT2D eigenvalue weighted by Gasteiger charge is -2.20. The summed E-state index contributed by atoms with van der Waals surface area (Å²) in [7, 11) is 4.39. The highest BCUT2D eigenvalue weighted by atomic mass is 16.5. The van der Waals surface area contributed by atoms with Crippen LogP contribution < -0.4 is 19.9 Å². The van der Waals surface area contributed by atoms with Crippen LogP contribution in [0, 0.1) is 0 Å². The maximum atomic E-state index is 11.6. The maximum absolute atomic E-state index is 11.6. The van der Waals surface area contributed by atoms with Crippen molar-refractivity contribution in [1.29, 1.82) is 0 Å². The van der Waals surface area contributed by atoms with E-state index in [1.54, 1.807) is 6.92 Å². The fraction of sp³-hybridized carbons (Fsp3) is 0.500. The van der Waals surface area contributed by atoms with Gasteiger partial charge >= 0.3 is 5.97 Å². The number of ether oxygens (including phenoxy) is 4. The van der Waals surface area contributed by atoms with Crippen molar-refractivity contribution in [3.05, 3.63) is 17.7 Å². The number of hydrogen-bond donors (Lipinski definition) is 2. The molecule has 1 aromatic rings. The molecule has 118 valence electrons. The van der Waals surface area contributed by atoms with E-state index >= 15 is 0 Å². The summed E-state index contributed by atoms with van der Waals surface area (Å²) in [6, 6.07) is 1.86. The van der Waals surface area contributed by atoms with Crippen LogP contribution in [0.5, 0.6) is 17.2 Å². The Bertz CT molecular complexity index is 465. The average molecular weight is 299 g/mol. The van der Waals surface area contributed by atoms with E-state index in [4.69, 9.17) is 24.7 Å². The molecule has 0 aliphatic carbocycles. The molecule has 0 aromatic heterocycles. The first-order valence-electron chi connectivity index (χ1n) is 6.40. The molecule has 0 spiro atoms. The minimum Gasteiger partial charge on any atom is -0.493 e. The number of aliphatic hydroxyl groups excluding tert-OH is 1. The van der Waals surface area contributed by atoms with Gasteiger partial charge in [-0.3, -0.25) is 4.79 Å². The minimum atomic E-state index is -1.25. The van der Waals surface area contributed by atoms with E-state index in [1.165, 1.54) is 33.5 Å². The van der Waals surface area contributed by atoms with Crippen LogP contribution in [0.4, 0.5) is 0 Å². The van der Waals surface area contributed by atoms with Gasteiger partial charge in [-0.2, -0.15) is 0 Å². The summed E-state index contributed by atoms with van der Waals surface area (Å²) in [4.78, 5) is 11.6. The fourth-order valence-corrected chi connectivity index (χ4v) is 1.85. The highest BCUT2D eigenvalue weighted by Crippen LogP contribution is 2.40. The molecule has 7 nitrogen and oxygen atoms in total. The summed E-state index contributed by atoms with van der Waals surface area (Å²) in [6.07, 6.45) is -1.25. The van der Waals surface area contributed by atoms with E-state index in [9.17, 15) is 9.90 Å². The van der Waals surface area contributed by atoms with E-state index < -0.39 is 18.1 Å². The fourth-order valence-electron chi connectivity index (χ4n) is 1.85.